The first-order chi connectivity index (χ1) is 15.0. The first kappa shape index (κ1) is 19.4. The maximum atomic E-state index is 13.9. The van der Waals surface area contributed by atoms with Crippen LogP contribution in [0.2, 0.25) is 5.02 Å². The number of halogens is 2. The summed E-state index contributed by atoms with van der Waals surface area (Å²) in [6.07, 6.45) is 1.65. The maximum absolute atomic E-state index is 13.9. The predicted octanol–water partition coefficient (Wildman–Crippen LogP) is 5.63. The molecule has 0 spiro atoms. The van der Waals surface area contributed by atoms with Crippen LogP contribution < -0.4 is 4.90 Å². The summed E-state index contributed by atoms with van der Waals surface area (Å²) in [5.74, 6) is -0.323. The number of phenols is 1. The minimum atomic E-state index is -0.540. The number of phenolic OH excluding ortho intramolecular Hbond substituents is 1. The van der Waals surface area contributed by atoms with Crippen LogP contribution in [0.5, 0.6) is 5.75 Å². The van der Waals surface area contributed by atoms with Gasteiger partial charge in [-0.1, -0.05) is 65.4 Å². The monoisotopic (exact) mass is 449 g/mol. The lowest BCUT2D eigenvalue weighted by molar-refractivity contribution is -0.113. The van der Waals surface area contributed by atoms with Crippen LogP contribution in [0.1, 0.15) is 11.1 Å². The Labute approximate surface area is 185 Å². The average molecular weight is 450 g/mol. The van der Waals surface area contributed by atoms with E-state index in [0.717, 1.165) is 11.1 Å². The number of amides is 1. The molecule has 152 valence electrons. The number of benzene rings is 3. The largest absolute Gasteiger partial charge is 0.508 e. The van der Waals surface area contributed by atoms with Crippen molar-refractivity contribution in [2.75, 3.05) is 4.90 Å². The number of amidine groups is 1. The second-order valence-corrected chi connectivity index (χ2v) is 8.21. The highest BCUT2D eigenvalue weighted by molar-refractivity contribution is 7.22. The van der Waals surface area contributed by atoms with Crippen LogP contribution in [0, 0.1) is 5.82 Å². The van der Waals surface area contributed by atoms with Crippen LogP contribution in [-0.4, -0.2) is 21.8 Å². The fraction of sp³-hybridized carbons (Fsp3) is 0. The molecule has 3 aromatic carbocycles. The molecular formula is C23H13ClFN3O2S. The highest BCUT2D eigenvalue weighted by Crippen LogP contribution is 2.35. The molecule has 0 saturated heterocycles. The Balaban J connectivity index is 1.64. The Morgan fingerprint density at radius 3 is 2.55 bits per heavy atom. The van der Waals surface area contributed by atoms with Gasteiger partial charge in [0.15, 0.2) is 5.13 Å². The number of hydrogen-bond acceptors (Lipinski definition) is 5. The highest BCUT2D eigenvalue weighted by atomic mass is 35.5. The van der Waals surface area contributed by atoms with Crippen LogP contribution in [0.25, 0.3) is 16.3 Å². The number of aromatic hydroxyl groups is 1. The third-order valence-corrected chi connectivity index (χ3v) is 5.99. The van der Waals surface area contributed by atoms with Gasteiger partial charge in [-0.15, -0.1) is 0 Å². The van der Waals surface area contributed by atoms with Crippen LogP contribution in [-0.2, 0) is 4.79 Å². The summed E-state index contributed by atoms with van der Waals surface area (Å²) >= 11 is 7.08. The number of carbonyl (C=O) groups excluding carboxylic acids is 1. The van der Waals surface area contributed by atoms with Crippen molar-refractivity contribution in [1.29, 1.82) is 0 Å². The number of thiazole rings is 1. The molecule has 8 heteroatoms. The number of rotatable bonds is 3. The third-order valence-electron chi connectivity index (χ3n) is 4.70. The molecule has 0 fully saturated rings. The molecule has 1 aliphatic heterocycles. The van der Waals surface area contributed by atoms with Crippen LogP contribution >= 0.6 is 22.9 Å². The molecule has 1 aliphatic rings. The fourth-order valence-corrected chi connectivity index (χ4v) is 4.34. The van der Waals surface area contributed by atoms with Crippen LogP contribution in [0.15, 0.2) is 77.4 Å². The molecule has 0 aliphatic carbocycles. The Bertz CT molecular complexity index is 1340. The molecule has 31 heavy (non-hydrogen) atoms. The third kappa shape index (κ3) is 3.58. The van der Waals surface area contributed by atoms with E-state index in [9.17, 15) is 14.3 Å². The number of aliphatic imine (C=N–C) groups is 1. The zero-order valence-corrected chi connectivity index (χ0v) is 17.4. The average Bonchev–Trinajstić information content (AvgIpc) is 3.31. The van der Waals surface area contributed by atoms with E-state index in [0.29, 0.717) is 21.2 Å². The van der Waals surface area contributed by atoms with Gasteiger partial charge in [-0.05, 0) is 35.9 Å². The van der Waals surface area contributed by atoms with E-state index in [2.05, 4.69) is 9.98 Å². The van der Waals surface area contributed by atoms with Crippen LogP contribution in [0.3, 0.4) is 0 Å². The molecule has 4 aromatic rings. The number of carbonyl (C=O) groups is 1. The summed E-state index contributed by atoms with van der Waals surface area (Å²) in [5.41, 5.74) is 2.20. The lowest BCUT2D eigenvalue weighted by atomic mass is 10.2. The van der Waals surface area contributed by atoms with E-state index >= 15 is 0 Å². The van der Waals surface area contributed by atoms with Crippen molar-refractivity contribution in [2.45, 2.75) is 0 Å². The molecule has 0 radical (unpaired) electrons. The first-order valence-corrected chi connectivity index (χ1v) is 10.4. The van der Waals surface area contributed by atoms with Gasteiger partial charge in [0.05, 0.1) is 15.2 Å². The minimum Gasteiger partial charge on any atom is -0.508 e. The summed E-state index contributed by atoms with van der Waals surface area (Å²) in [7, 11) is 0. The molecular weight excluding hydrogens is 437 g/mol. The molecule has 1 N–H and O–H groups in total. The van der Waals surface area contributed by atoms with E-state index in [1.807, 2.05) is 30.3 Å². The van der Waals surface area contributed by atoms with Gasteiger partial charge in [-0.25, -0.2) is 19.3 Å². The Hall–Kier alpha value is -3.55. The van der Waals surface area contributed by atoms with Gasteiger partial charge in [-0.2, -0.15) is 0 Å². The van der Waals surface area contributed by atoms with Gasteiger partial charge in [0.25, 0.3) is 5.91 Å². The fourth-order valence-electron chi connectivity index (χ4n) is 3.21. The van der Waals surface area contributed by atoms with Crippen molar-refractivity contribution in [3.63, 3.8) is 0 Å². The van der Waals surface area contributed by atoms with Crippen molar-refractivity contribution in [2.24, 2.45) is 4.99 Å². The summed E-state index contributed by atoms with van der Waals surface area (Å²) < 4.78 is 14.5. The van der Waals surface area contributed by atoms with Crippen molar-refractivity contribution in [1.82, 2.24) is 4.98 Å². The Morgan fingerprint density at radius 1 is 1.06 bits per heavy atom. The van der Waals surface area contributed by atoms with Crippen molar-refractivity contribution in [3.05, 3.63) is 94.4 Å². The van der Waals surface area contributed by atoms with E-state index < -0.39 is 5.82 Å². The normalized spacial score (nSPS) is 15.2. The summed E-state index contributed by atoms with van der Waals surface area (Å²) in [6, 6.07) is 18.5. The highest BCUT2D eigenvalue weighted by Gasteiger charge is 2.34. The van der Waals surface area contributed by atoms with Crippen molar-refractivity contribution in [3.8, 4) is 5.75 Å². The topological polar surface area (TPSA) is 65.8 Å². The second kappa shape index (κ2) is 7.61. The molecule has 2 heterocycles. The molecule has 5 nitrogen and oxygen atoms in total. The summed E-state index contributed by atoms with van der Waals surface area (Å²) in [6.45, 7) is 0. The number of fused-ring (bicyclic) bond motifs is 1. The molecule has 5 rings (SSSR count). The van der Waals surface area contributed by atoms with E-state index in [1.54, 1.807) is 18.2 Å². The summed E-state index contributed by atoms with van der Waals surface area (Å²) in [4.78, 5) is 23.8. The molecule has 0 unspecified atom stereocenters. The number of aromatic nitrogens is 1. The van der Waals surface area contributed by atoms with E-state index in [1.165, 1.54) is 40.5 Å². The Kier molecular flexibility index (Phi) is 4.77. The SMILES string of the molecule is O=C1C(=Cc2ccc(O)cc2)N=C(c2ccccc2)N1c1nc2cc(Cl)c(F)cc2s1. The summed E-state index contributed by atoms with van der Waals surface area (Å²) in [5, 5.41) is 9.84. The quantitative estimate of drug-likeness (QED) is 0.412. The molecule has 1 amide bonds. The number of hydrogen-bond donors (Lipinski definition) is 1. The second-order valence-electron chi connectivity index (χ2n) is 6.79. The van der Waals surface area contributed by atoms with Gasteiger partial charge in [0.1, 0.15) is 23.1 Å². The Morgan fingerprint density at radius 2 is 1.81 bits per heavy atom. The maximum Gasteiger partial charge on any atom is 0.284 e. The molecule has 0 atom stereocenters. The van der Waals surface area contributed by atoms with Gasteiger partial charge in [-0.3, -0.25) is 4.79 Å². The smallest absolute Gasteiger partial charge is 0.284 e. The van der Waals surface area contributed by atoms with E-state index in [4.69, 9.17) is 11.6 Å². The van der Waals surface area contributed by atoms with E-state index in [-0.39, 0.29) is 22.4 Å². The molecule has 1 aromatic heterocycles. The zero-order chi connectivity index (χ0) is 21.5. The zero-order valence-electron chi connectivity index (χ0n) is 15.8. The molecule has 0 bridgehead atoms. The van der Waals surface area contributed by atoms with Crippen molar-refractivity contribution < 1.29 is 14.3 Å². The minimum absolute atomic E-state index is 0.0260. The van der Waals surface area contributed by atoms with Gasteiger partial charge in [0.2, 0.25) is 0 Å². The van der Waals surface area contributed by atoms with Gasteiger partial charge < -0.3 is 5.11 Å². The lowest BCUT2D eigenvalue weighted by Gasteiger charge is -2.14. The lowest BCUT2D eigenvalue weighted by Crippen LogP contribution is -2.32. The standard InChI is InChI=1S/C23H13ClFN3O2S/c24-16-11-18-20(12-17(16)25)31-23(27-18)28-21(14-4-2-1-3-5-14)26-19(22(28)30)10-13-6-8-15(29)9-7-13/h1-12,29H. The molecule has 0 saturated carbocycles. The first-order valence-electron chi connectivity index (χ1n) is 9.24. The van der Waals surface area contributed by atoms with Gasteiger partial charge in [0, 0.05) is 5.56 Å². The van der Waals surface area contributed by atoms with Crippen LogP contribution in [0.4, 0.5) is 9.52 Å². The number of anilines is 1. The van der Waals surface area contributed by atoms with Gasteiger partial charge >= 0.3 is 0 Å². The predicted molar refractivity (Wildman–Crippen MR) is 121 cm³/mol. The number of nitrogens with zero attached hydrogens (tertiary/aromatic N) is 3. The van der Waals surface area contributed by atoms with Crippen molar-refractivity contribution >= 4 is 56.1 Å².